The molecule has 0 bridgehead atoms. The number of hydrogen-bond acceptors (Lipinski definition) is 6. The van der Waals surface area contributed by atoms with Gasteiger partial charge in [-0.2, -0.15) is 0 Å². The highest BCUT2D eigenvalue weighted by molar-refractivity contribution is 5.75. The molecule has 6 N–H and O–H groups in total. The van der Waals surface area contributed by atoms with Gasteiger partial charge in [0.2, 0.25) is 0 Å². The van der Waals surface area contributed by atoms with Crippen molar-refractivity contribution in [2.24, 2.45) is 0 Å². The summed E-state index contributed by atoms with van der Waals surface area (Å²) >= 11 is 0. The van der Waals surface area contributed by atoms with Gasteiger partial charge in [-0.1, -0.05) is 27.7 Å². The van der Waals surface area contributed by atoms with E-state index < -0.39 is 36.1 Å². The van der Waals surface area contributed by atoms with Crippen molar-refractivity contribution in [3.05, 3.63) is 0 Å². The first-order valence-electron chi connectivity index (χ1n) is 7.76. The Morgan fingerprint density at radius 1 is 0.833 bits per heavy atom. The highest BCUT2D eigenvalue weighted by Gasteiger charge is 2.22. The number of hydrogen-bond donors (Lipinski definition) is 6. The Morgan fingerprint density at radius 3 is 1.50 bits per heavy atom. The third-order valence-electron chi connectivity index (χ3n) is 2.74. The zero-order chi connectivity index (χ0) is 19.4. The van der Waals surface area contributed by atoms with Gasteiger partial charge < -0.3 is 31.1 Å². The van der Waals surface area contributed by atoms with Gasteiger partial charge in [0.25, 0.3) is 0 Å². The SMILES string of the molecule is CC(C)NC(C(=O)O)C(C)O.CC(C)NC(CCC(=O)O)C(=O)O. The molecular weight excluding hydrogens is 320 g/mol. The molecule has 0 aliphatic carbocycles. The summed E-state index contributed by atoms with van der Waals surface area (Å²) in [5, 5.41) is 40.1. The van der Waals surface area contributed by atoms with Crippen LogP contribution in [0.2, 0.25) is 0 Å². The van der Waals surface area contributed by atoms with Crippen molar-refractivity contribution >= 4 is 17.9 Å². The van der Waals surface area contributed by atoms with E-state index in [9.17, 15) is 14.4 Å². The number of rotatable bonds is 10. The van der Waals surface area contributed by atoms with E-state index in [1.165, 1.54) is 6.92 Å². The van der Waals surface area contributed by atoms with Crippen LogP contribution in [0.5, 0.6) is 0 Å². The van der Waals surface area contributed by atoms with E-state index in [-0.39, 0.29) is 24.9 Å². The molecule has 0 aliphatic heterocycles. The quantitative estimate of drug-likeness (QED) is 0.322. The number of carboxylic acid groups (broad SMARTS) is 3. The molecule has 9 nitrogen and oxygen atoms in total. The van der Waals surface area contributed by atoms with E-state index >= 15 is 0 Å². The normalized spacial score (nSPS) is 14.5. The lowest BCUT2D eigenvalue weighted by atomic mass is 10.1. The molecule has 3 atom stereocenters. The Balaban J connectivity index is 0. The molecule has 9 heteroatoms. The predicted octanol–water partition coefficient (Wildman–Crippen LogP) is 0.121. The number of carboxylic acids is 3. The molecule has 3 unspecified atom stereocenters. The fourth-order valence-electron chi connectivity index (χ4n) is 1.72. The molecule has 0 aromatic carbocycles. The molecule has 0 rings (SSSR count). The largest absolute Gasteiger partial charge is 0.481 e. The zero-order valence-corrected chi connectivity index (χ0v) is 14.8. The van der Waals surface area contributed by atoms with E-state index in [0.717, 1.165) is 0 Å². The molecule has 0 fully saturated rings. The van der Waals surface area contributed by atoms with Crippen LogP contribution in [0.3, 0.4) is 0 Å². The maximum atomic E-state index is 10.6. The van der Waals surface area contributed by atoms with E-state index in [2.05, 4.69) is 10.6 Å². The van der Waals surface area contributed by atoms with Gasteiger partial charge in [0.1, 0.15) is 12.1 Å². The Labute approximate surface area is 142 Å². The lowest BCUT2D eigenvalue weighted by Crippen LogP contribution is -2.47. The van der Waals surface area contributed by atoms with Crippen LogP contribution in [-0.4, -0.2) is 68.6 Å². The number of aliphatic carboxylic acids is 3. The highest BCUT2D eigenvalue weighted by atomic mass is 16.4. The standard InChI is InChI=1S/C8H15NO4.C7H15NO3/c1-5(2)9-6(8(12)13)3-4-7(10)11;1-4(2)8-6(5(3)9)7(10)11/h5-6,9H,3-4H2,1-2H3,(H,10,11)(H,12,13);4-6,8-9H,1-3H3,(H,10,11). The van der Waals surface area contributed by atoms with Crippen molar-refractivity contribution in [3.8, 4) is 0 Å². The number of aliphatic hydroxyl groups excluding tert-OH is 1. The second-order valence-corrected chi connectivity index (χ2v) is 6.02. The number of aliphatic hydroxyl groups is 1. The summed E-state index contributed by atoms with van der Waals surface area (Å²) in [6, 6.07) is -1.54. The van der Waals surface area contributed by atoms with Crippen LogP contribution in [0.25, 0.3) is 0 Å². The van der Waals surface area contributed by atoms with Crippen LogP contribution >= 0.6 is 0 Å². The Bertz CT molecular complexity index is 397. The van der Waals surface area contributed by atoms with E-state index in [1.807, 2.05) is 27.7 Å². The first kappa shape index (κ1) is 24.5. The molecule has 0 amide bonds. The third kappa shape index (κ3) is 13.9. The van der Waals surface area contributed by atoms with Gasteiger partial charge in [0.15, 0.2) is 0 Å². The van der Waals surface area contributed by atoms with Crippen LogP contribution in [0, 0.1) is 0 Å². The lowest BCUT2D eigenvalue weighted by molar-refractivity contribution is -0.143. The summed E-state index contributed by atoms with van der Waals surface area (Å²) in [7, 11) is 0. The maximum Gasteiger partial charge on any atom is 0.323 e. The summed E-state index contributed by atoms with van der Waals surface area (Å²) < 4.78 is 0. The third-order valence-corrected chi connectivity index (χ3v) is 2.74. The minimum atomic E-state index is -1.02. The Kier molecular flexibility index (Phi) is 13.0. The molecule has 24 heavy (non-hydrogen) atoms. The molecule has 0 spiro atoms. The molecule has 0 heterocycles. The Morgan fingerprint density at radius 2 is 1.29 bits per heavy atom. The van der Waals surface area contributed by atoms with Gasteiger partial charge in [-0.15, -0.1) is 0 Å². The molecule has 0 aromatic rings. The van der Waals surface area contributed by atoms with Crippen molar-refractivity contribution in [2.75, 3.05) is 0 Å². The topological polar surface area (TPSA) is 156 Å². The van der Waals surface area contributed by atoms with Gasteiger partial charge in [-0.3, -0.25) is 14.4 Å². The first-order valence-corrected chi connectivity index (χ1v) is 7.76. The van der Waals surface area contributed by atoms with Gasteiger partial charge in [0, 0.05) is 18.5 Å². The summed E-state index contributed by atoms with van der Waals surface area (Å²) in [6.07, 6.45) is -0.880. The van der Waals surface area contributed by atoms with E-state index in [0.29, 0.717) is 0 Å². The lowest BCUT2D eigenvalue weighted by Gasteiger charge is -2.19. The summed E-state index contributed by atoms with van der Waals surface area (Å²) in [5.41, 5.74) is 0. The van der Waals surface area contributed by atoms with Crippen LogP contribution in [0.1, 0.15) is 47.5 Å². The zero-order valence-electron chi connectivity index (χ0n) is 14.8. The minimum Gasteiger partial charge on any atom is -0.481 e. The van der Waals surface area contributed by atoms with Gasteiger partial charge in [-0.05, 0) is 13.3 Å². The molecule has 0 saturated carbocycles. The second-order valence-electron chi connectivity index (χ2n) is 6.02. The summed E-state index contributed by atoms with van der Waals surface area (Å²) in [4.78, 5) is 31.2. The highest BCUT2D eigenvalue weighted by Crippen LogP contribution is 1.99. The van der Waals surface area contributed by atoms with Crippen LogP contribution in [0.15, 0.2) is 0 Å². The molecule has 0 radical (unpaired) electrons. The second kappa shape index (κ2) is 12.7. The van der Waals surface area contributed by atoms with Crippen molar-refractivity contribution in [1.29, 1.82) is 0 Å². The molecule has 142 valence electrons. The molecular formula is C15H30N2O7. The molecule has 0 aliphatic rings. The monoisotopic (exact) mass is 350 g/mol. The number of carbonyl (C=O) groups is 3. The fraction of sp³-hybridized carbons (Fsp3) is 0.800. The van der Waals surface area contributed by atoms with Crippen molar-refractivity contribution in [1.82, 2.24) is 10.6 Å². The molecule has 0 saturated heterocycles. The smallest absolute Gasteiger partial charge is 0.323 e. The minimum absolute atomic E-state index is 0.0369. The first-order chi connectivity index (χ1) is 10.9. The predicted molar refractivity (Wildman–Crippen MR) is 87.9 cm³/mol. The van der Waals surface area contributed by atoms with Crippen LogP contribution in [0.4, 0.5) is 0 Å². The fourth-order valence-corrected chi connectivity index (χ4v) is 1.72. The maximum absolute atomic E-state index is 10.6. The van der Waals surface area contributed by atoms with E-state index in [1.54, 1.807) is 0 Å². The average Bonchev–Trinajstić information content (AvgIpc) is 2.39. The number of nitrogens with one attached hydrogen (secondary N) is 2. The van der Waals surface area contributed by atoms with Gasteiger partial charge in [-0.25, -0.2) is 0 Å². The van der Waals surface area contributed by atoms with Crippen LogP contribution < -0.4 is 10.6 Å². The van der Waals surface area contributed by atoms with Gasteiger partial charge in [0.05, 0.1) is 6.10 Å². The summed E-state index contributed by atoms with van der Waals surface area (Å²) in [6.45, 7) is 8.75. The van der Waals surface area contributed by atoms with E-state index in [4.69, 9.17) is 20.4 Å². The van der Waals surface area contributed by atoms with Crippen molar-refractivity contribution < 1.29 is 34.8 Å². The van der Waals surface area contributed by atoms with Crippen molar-refractivity contribution in [3.63, 3.8) is 0 Å². The Hall–Kier alpha value is -1.71. The molecule has 0 aromatic heterocycles. The average molecular weight is 350 g/mol. The summed E-state index contributed by atoms with van der Waals surface area (Å²) in [5.74, 6) is -3.00. The van der Waals surface area contributed by atoms with Gasteiger partial charge >= 0.3 is 17.9 Å². The van der Waals surface area contributed by atoms with Crippen LogP contribution in [-0.2, 0) is 14.4 Å². The van der Waals surface area contributed by atoms with Crippen molar-refractivity contribution in [2.45, 2.75) is 77.7 Å².